The van der Waals surface area contributed by atoms with Gasteiger partial charge in [0.1, 0.15) is 11.4 Å². The molecule has 0 aromatic heterocycles. The molecule has 0 radical (unpaired) electrons. The van der Waals surface area contributed by atoms with Crippen LogP contribution in [0.1, 0.15) is 6.42 Å². The minimum Gasteiger partial charge on any atom is -0.271 e. The van der Waals surface area contributed by atoms with Gasteiger partial charge >= 0.3 is 11.4 Å². The number of nitrogens with one attached hydrogen (secondary N) is 2. The Hall–Kier alpha value is -5.54. The summed E-state index contributed by atoms with van der Waals surface area (Å²) in [6.07, 6.45) is 8.34. The highest BCUT2D eigenvalue weighted by molar-refractivity contribution is 6.13. The van der Waals surface area contributed by atoms with Crippen molar-refractivity contribution in [2.24, 2.45) is 33.9 Å². The van der Waals surface area contributed by atoms with E-state index in [9.17, 15) is 40.5 Å². The molecule has 1 fully saturated rings. The summed E-state index contributed by atoms with van der Waals surface area (Å²) in [5.74, 6) is -0.0310. The Balaban J connectivity index is 1.44. The zero-order valence-electron chi connectivity index (χ0n) is 19.7. The van der Waals surface area contributed by atoms with Crippen molar-refractivity contribution in [2.75, 3.05) is 10.9 Å². The number of nitro groups is 4. The first kappa shape index (κ1) is 25.1. The van der Waals surface area contributed by atoms with Crippen molar-refractivity contribution >= 4 is 45.5 Å². The number of allylic oxidation sites excluding steroid dienone is 4. The maximum atomic E-state index is 11.5. The quantitative estimate of drug-likeness (QED) is 0.273. The number of benzene rings is 2. The van der Waals surface area contributed by atoms with Gasteiger partial charge in [0.05, 0.1) is 43.2 Å². The van der Waals surface area contributed by atoms with Crippen LogP contribution in [0.3, 0.4) is 0 Å². The number of nitro benzene ring substituents is 4. The lowest BCUT2D eigenvalue weighted by molar-refractivity contribution is -0.393. The van der Waals surface area contributed by atoms with E-state index in [0.29, 0.717) is 11.4 Å². The van der Waals surface area contributed by atoms with E-state index in [4.69, 9.17) is 0 Å². The molecule has 0 saturated heterocycles. The topological polar surface area (TPSA) is 221 Å². The molecule has 16 nitrogen and oxygen atoms in total. The average Bonchev–Trinajstić information content (AvgIpc) is 3.53. The van der Waals surface area contributed by atoms with E-state index in [1.54, 1.807) is 12.2 Å². The number of fused-ring (bicyclic) bond motifs is 5. The van der Waals surface area contributed by atoms with Crippen LogP contribution in [0, 0.1) is 64.1 Å². The molecule has 3 aliphatic carbocycles. The fraction of sp³-hybridized carbons (Fsp3) is 0.217. The third-order valence-electron chi connectivity index (χ3n) is 6.96. The zero-order chi connectivity index (χ0) is 27.8. The Morgan fingerprint density at radius 2 is 1.05 bits per heavy atom. The molecule has 3 aliphatic rings. The number of rotatable bonds is 8. The van der Waals surface area contributed by atoms with Crippen molar-refractivity contribution in [1.29, 1.82) is 0 Å². The molecule has 4 atom stereocenters. The lowest BCUT2D eigenvalue weighted by Crippen LogP contribution is -2.36. The SMILES string of the molecule is O=[N+]([O-])c1ccc(NN=C2C=CC(=NNc3ccc([N+](=O)[O-])cc3[N+](=O)[O-])C3C4C=CC(C4)C23)c([N+](=O)[O-])c1. The van der Waals surface area contributed by atoms with Crippen molar-refractivity contribution in [3.05, 3.63) is 101 Å². The molecule has 2 N–H and O–H groups in total. The normalized spacial score (nSPS) is 24.5. The summed E-state index contributed by atoms with van der Waals surface area (Å²) < 4.78 is 0. The van der Waals surface area contributed by atoms with Gasteiger partial charge in [0, 0.05) is 24.0 Å². The van der Waals surface area contributed by atoms with Crippen molar-refractivity contribution in [3.63, 3.8) is 0 Å². The molecule has 2 bridgehead atoms. The van der Waals surface area contributed by atoms with E-state index in [1.165, 1.54) is 12.1 Å². The Labute approximate surface area is 218 Å². The molecule has 0 heterocycles. The number of hydrogen-bond acceptors (Lipinski definition) is 12. The van der Waals surface area contributed by atoms with Gasteiger partial charge in [-0.2, -0.15) is 10.2 Å². The van der Waals surface area contributed by atoms with E-state index >= 15 is 0 Å². The minimum atomic E-state index is -0.733. The Bertz CT molecular complexity index is 1440. The molecular weight excluding hydrogens is 516 g/mol. The van der Waals surface area contributed by atoms with Crippen molar-refractivity contribution < 1.29 is 19.7 Å². The van der Waals surface area contributed by atoms with E-state index < -0.39 is 42.4 Å². The van der Waals surface area contributed by atoms with E-state index in [2.05, 4.69) is 33.2 Å². The van der Waals surface area contributed by atoms with Gasteiger partial charge in [-0.25, -0.2) is 0 Å². The molecule has 1 saturated carbocycles. The maximum absolute atomic E-state index is 11.5. The highest BCUT2D eigenvalue weighted by atomic mass is 16.6. The predicted molar refractivity (Wildman–Crippen MR) is 138 cm³/mol. The highest BCUT2D eigenvalue weighted by Crippen LogP contribution is 2.51. The number of non-ortho nitro benzene ring substituents is 2. The molecular formula is C23H18N8O8. The summed E-state index contributed by atoms with van der Waals surface area (Å²) >= 11 is 0. The molecule has 2 aromatic rings. The molecule has 39 heavy (non-hydrogen) atoms. The second-order valence-electron chi connectivity index (χ2n) is 9.06. The van der Waals surface area contributed by atoms with Crippen molar-refractivity contribution in [2.45, 2.75) is 6.42 Å². The number of anilines is 2. The van der Waals surface area contributed by atoms with Gasteiger partial charge in [0.2, 0.25) is 0 Å². The smallest absolute Gasteiger partial charge is 0.271 e. The summed E-state index contributed by atoms with van der Waals surface area (Å²) in [5.41, 5.74) is 4.71. The van der Waals surface area contributed by atoms with E-state index in [1.807, 2.05) is 0 Å². The van der Waals surface area contributed by atoms with Crippen LogP contribution in [-0.2, 0) is 0 Å². The Kier molecular flexibility index (Phi) is 6.27. The lowest BCUT2D eigenvalue weighted by Gasteiger charge is -2.31. The van der Waals surface area contributed by atoms with Gasteiger partial charge in [-0.3, -0.25) is 51.3 Å². The first-order chi connectivity index (χ1) is 18.6. The molecule has 0 spiro atoms. The summed E-state index contributed by atoms with van der Waals surface area (Å²) in [4.78, 5) is 42.0. The first-order valence-corrected chi connectivity index (χ1v) is 11.5. The lowest BCUT2D eigenvalue weighted by atomic mass is 9.74. The van der Waals surface area contributed by atoms with E-state index in [0.717, 1.165) is 30.7 Å². The standard InChI is InChI=1S/C23H18N8O8/c32-28(33)14-3-5-16(20(10-14)30(36)37)24-26-18-7-8-19(23-13-2-1-12(9-13)22(18)23)27-25-17-6-4-15(29(34)35)11-21(17)31(38)39/h1-8,10-13,22-25H,9H2. The van der Waals surface area contributed by atoms with Crippen molar-refractivity contribution in [3.8, 4) is 0 Å². The van der Waals surface area contributed by atoms with Gasteiger partial charge in [-0.1, -0.05) is 12.2 Å². The van der Waals surface area contributed by atoms with Crippen LogP contribution < -0.4 is 10.9 Å². The molecule has 198 valence electrons. The van der Waals surface area contributed by atoms with Gasteiger partial charge < -0.3 is 0 Å². The summed E-state index contributed by atoms with van der Waals surface area (Å²) in [6, 6.07) is 6.44. The molecule has 5 rings (SSSR count). The van der Waals surface area contributed by atoms with Crippen molar-refractivity contribution in [1.82, 2.24) is 0 Å². The molecule has 0 aliphatic heterocycles. The van der Waals surface area contributed by atoms with Crippen LogP contribution in [0.25, 0.3) is 0 Å². The number of hydrazone groups is 2. The summed E-state index contributed by atoms with van der Waals surface area (Å²) in [6.45, 7) is 0. The minimum absolute atomic E-state index is 0.00615. The maximum Gasteiger partial charge on any atom is 0.301 e. The van der Waals surface area contributed by atoms with Gasteiger partial charge in [0.25, 0.3) is 11.4 Å². The molecule has 16 heteroatoms. The molecule has 0 amide bonds. The van der Waals surface area contributed by atoms with Crippen LogP contribution in [0.2, 0.25) is 0 Å². The first-order valence-electron chi connectivity index (χ1n) is 11.5. The monoisotopic (exact) mass is 534 g/mol. The molecule has 2 aromatic carbocycles. The van der Waals surface area contributed by atoms with Crippen LogP contribution in [0.5, 0.6) is 0 Å². The van der Waals surface area contributed by atoms with Gasteiger partial charge in [-0.05, 0) is 42.5 Å². The van der Waals surface area contributed by atoms with Gasteiger partial charge in [0.15, 0.2) is 0 Å². The Morgan fingerprint density at radius 3 is 1.41 bits per heavy atom. The van der Waals surface area contributed by atoms with E-state index in [-0.39, 0.29) is 35.0 Å². The third-order valence-corrected chi connectivity index (χ3v) is 6.96. The van der Waals surface area contributed by atoms with Crippen LogP contribution >= 0.6 is 0 Å². The number of hydrogen-bond donors (Lipinski definition) is 2. The predicted octanol–water partition coefficient (Wildman–Crippen LogP) is 4.56. The Morgan fingerprint density at radius 1 is 0.641 bits per heavy atom. The van der Waals surface area contributed by atoms with Crippen LogP contribution in [0.15, 0.2) is 70.9 Å². The zero-order valence-corrected chi connectivity index (χ0v) is 19.7. The number of nitrogens with zero attached hydrogens (tertiary/aromatic N) is 6. The summed E-state index contributed by atoms with van der Waals surface area (Å²) in [7, 11) is 0. The molecule has 4 unspecified atom stereocenters. The highest BCUT2D eigenvalue weighted by Gasteiger charge is 2.49. The largest absolute Gasteiger partial charge is 0.301 e. The third kappa shape index (κ3) is 4.65. The second-order valence-corrected chi connectivity index (χ2v) is 9.06. The fourth-order valence-electron chi connectivity index (χ4n) is 5.25. The second kappa shape index (κ2) is 9.73. The van der Waals surface area contributed by atoms with Crippen LogP contribution in [-0.4, -0.2) is 31.1 Å². The fourth-order valence-corrected chi connectivity index (χ4v) is 5.25. The van der Waals surface area contributed by atoms with Gasteiger partial charge in [-0.15, -0.1) is 0 Å². The average molecular weight is 534 g/mol. The van der Waals surface area contributed by atoms with Crippen LogP contribution in [0.4, 0.5) is 34.1 Å². The summed E-state index contributed by atoms with van der Waals surface area (Å²) in [5, 5.41) is 53.7.